The van der Waals surface area contributed by atoms with Crippen molar-refractivity contribution in [3.8, 4) is 22.3 Å². The van der Waals surface area contributed by atoms with Crippen molar-refractivity contribution in [2.24, 2.45) is 0 Å². The third kappa shape index (κ3) is 4.21. The molecule has 0 N–H and O–H groups in total. The van der Waals surface area contributed by atoms with Crippen molar-refractivity contribution in [3.63, 3.8) is 0 Å². The normalized spacial score (nSPS) is 10.9. The van der Waals surface area contributed by atoms with Gasteiger partial charge in [-0.2, -0.15) is 0 Å². The van der Waals surface area contributed by atoms with Gasteiger partial charge in [0.15, 0.2) is 0 Å². The smallest absolute Gasteiger partial charge is 0.0349 e. The standard InChI is InChI=1S/C18H8I6/c19-13-5-1-3-9(15(13)21)11-7-8-12(18(24)17(11)23)10-4-2-6-14(20)16(10)22/h1-8H. The maximum atomic E-state index is 2.49. The van der Waals surface area contributed by atoms with Gasteiger partial charge in [0.05, 0.1) is 0 Å². The van der Waals surface area contributed by atoms with Crippen molar-refractivity contribution in [2.75, 3.05) is 0 Å². The summed E-state index contributed by atoms with van der Waals surface area (Å²) < 4.78 is 7.88. The molecule has 0 spiro atoms. The monoisotopic (exact) mass is 985 g/mol. The maximum absolute atomic E-state index is 2.49. The molecule has 24 heavy (non-hydrogen) atoms. The summed E-state index contributed by atoms with van der Waals surface area (Å²) in [5.74, 6) is 0. The predicted molar refractivity (Wildman–Crippen MR) is 154 cm³/mol. The molecule has 0 amide bonds. The van der Waals surface area contributed by atoms with Crippen LogP contribution in [-0.4, -0.2) is 0 Å². The summed E-state index contributed by atoms with van der Waals surface area (Å²) in [6.45, 7) is 0. The minimum atomic E-state index is 1.30. The Morgan fingerprint density at radius 1 is 0.375 bits per heavy atom. The van der Waals surface area contributed by atoms with Gasteiger partial charge in [-0.15, -0.1) is 0 Å². The van der Waals surface area contributed by atoms with E-state index < -0.39 is 0 Å². The zero-order chi connectivity index (χ0) is 17.4. The Labute approximate surface area is 223 Å². The van der Waals surface area contributed by atoms with E-state index in [2.05, 4.69) is 184 Å². The zero-order valence-electron chi connectivity index (χ0n) is 11.9. The highest BCUT2D eigenvalue weighted by Crippen LogP contribution is 2.39. The summed E-state index contributed by atoms with van der Waals surface area (Å²) in [5.41, 5.74) is 5.25. The van der Waals surface area contributed by atoms with Crippen molar-refractivity contribution in [2.45, 2.75) is 0 Å². The topological polar surface area (TPSA) is 0 Å². The van der Waals surface area contributed by atoms with Gasteiger partial charge in [0.2, 0.25) is 0 Å². The van der Waals surface area contributed by atoms with Crippen molar-refractivity contribution in [1.82, 2.24) is 0 Å². The highest BCUT2D eigenvalue weighted by atomic mass is 127. The largest absolute Gasteiger partial charge is 0.0605 e. The molecule has 0 bridgehead atoms. The van der Waals surface area contributed by atoms with Crippen LogP contribution in [0.2, 0.25) is 0 Å². The second-order valence-electron chi connectivity index (χ2n) is 4.99. The maximum Gasteiger partial charge on any atom is 0.0349 e. The van der Waals surface area contributed by atoms with E-state index in [1.807, 2.05) is 0 Å². The molecule has 0 nitrogen and oxygen atoms in total. The highest BCUT2D eigenvalue weighted by Gasteiger charge is 2.16. The van der Waals surface area contributed by atoms with Crippen LogP contribution in [0, 0.1) is 21.4 Å². The fourth-order valence-electron chi connectivity index (χ4n) is 2.39. The fraction of sp³-hybridized carbons (Fsp3) is 0. The van der Waals surface area contributed by atoms with Crippen molar-refractivity contribution in [1.29, 1.82) is 0 Å². The number of benzene rings is 3. The molecule has 0 fully saturated rings. The third-order valence-corrected chi connectivity index (χ3v) is 13.0. The Morgan fingerprint density at radius 3 is 1.08 bits per heavy atom. The Hall–Kier alpha value is 2.04. The van der Waals surface area contributed by atoms with Gasteiger partial charge < -0.3 is 0 Å². The lowest BCUT2D eigenvalue weighted by Gasteiger charge is -2.15. The summed E-state index contributed by atoms with van der Waals surface area (Å²) in [7, 11) is 0. The second-order valence-corrected chi connectivity index (χ2v) is 11.6. The van der Waals surface area contributed by atoms with Crippen LogP contribution in [0.1, 0.15) is 0 Å². The van der Waals surface area contributed by atoms with Crippen LogP contribution in [0.3, 0.4) is 0 Å². The van der Waals surface area contributed by atoms with Gasteiger partial charge in [-0.05, 0) is 170 Å². The molecule has 0 saturated carbocycles. The first-order valence-electron chi connectivity index (χ1n) is 6.78. The summed E-state index contributed by atoms with van der Waals surface area (Å²) >= 11 is 14.7. The van der Waals surface area contributed by atoms with Gasteiger partial charge in [-0.3, -0.25) is 0 Å². The lowest BCUT2D eigenvalue weighted by Crippen LogP contribution is -1.96. The van der Waals surface area contributed by atoms with Crippen molar-refractivity contribution in [3.05, 3.63) is 70.0 Å². The van der Waals surface area contributed by atoms with Gasteiger partial charge in [0, 0.05) is 21.4 Å². The first-order chi connectivity index (χ1) is 11.4. The van der Waals surface area contributed by atoms with Crippen LogP contribution >= 0.6 is 136 Å². The number of rotatable bonds is 2. The lowest BCUT2D eigenvalue weighted by atomic mass is 10.0. The molecule has 0 radical (unpaired) electrons. The SMILES string of the molecule is Ic1cccc(-c2ccc(-c3cccc(I)c3I)c(I)c2I)c1I. The van der Waals surface area contributed by atoms with Crippen LogP contribution < -0.4 is 0 Å². The molecule has 0 saturated heterocycles. The highest BCUT2D eigenvalue weighted by molar-refractivity contribution is 14.1. The Morgan fingerprint density at radius 2 is 0.708 bits per heavy atom. The van der Waals surface area contributed by atoms with E-state index in [0.717, 1.165) is 0 Å². The molecule has 0 aliphatic heterocycles. The third-order valence-electron chi connectivity index (χ3n) is 3.57. The lowest BCUT2D eigenvalue weighted by molar-refractivity contribution is 1.47. The van der Waals surface area contributed by atoms with E-state index in [9.17, 15) is 0 Å². The molecule has 3 aromatic carbocycles. The minimum Gasteiger partial charge on any atom is -0.0605 e. The Kier molecular flexibility index (Phi) is 7.81. The van der Waals surface area contributed by atoms with Gasteiger partial charge >= 0.3 is 0 Å². The molecule has 3 aromatic rings. The summed E-state index contributed by atoms with van der Waals surface area (Å²) in [4.78, 5) is 0. The van der Waals surface area contributed by atoms with Crippen LogP contribution in [0.25, 0.3) is 22.3 Å². The van der Waals surface area contributed by atoms with Crippen molar-refractivity contribution >= 4 is 136 Å². The molecule has 0 atom stereocenters. The molecule has 0 aliphatic carbocycles. The van der Waals surface area contributed by atoms with Gasteiger partial charge in [-0.25, -0.2) is 0 Å². The van der Waals surface area contributed by atoms with E-state index in [1.165, 1.54) is 43.7 Å². The van der Waals surface area contributed by atoms with Gasteiger partial charge in [-0.1, -0.05) is 36.4 Å². The van der Waals surface area contributed by atoms with E-state index in [1.54, 1.807) is 0 Å². The molecular formula is C18H8I6. The predicted octanol–water partition coefficient (Wildman–Crippen LogP) is 8.65. The van der Waals surface area contributed by atoms with Crippen LogP contribution in [-0.2, 0) is 0 Å². The Bertz CT molecular complexity index is 857. The quantitative estimate of drug-likeness (QED) is 0.226. The molecule has 6 heteroatoms. The van der Waals surface area contributed by atoms with E-state index in [0.29, 0.717) is 0 Å². The zero-order valence-corrected chi connectivity index (χ0v) is 24.8. The van der Waals surface area contributed by atoms with Crippen LogP contribution in [0.5, 0.6) is 0 Å². The summed E-state index contributed by atoms with van der Waals surface area (Å²) in [6, 6.07) is 17.6. The van der Waals surface area contributed by atoms with E-state index >= 15 is 0 Å². The molecular weight excluding hydrogens is 978 g/mol. The molecule has 0 unspecified atom stereocenters. The second kappa shape index (κ2) is 9.03. The first-order valence-corrected chi connectivity index (χ1v) is 13.3. The average Bonchev–Trinajstić information content (AvgIpc) is 2.56. The minimum absolute atomic E-state index is 1.30. The molecule has 3 rings (SSSR count). The first kappa shape index (κ1) is 20.8. The summed E-state index contributed by atoms with van der Waals surface area (Å²) in [5, 5.41) is 0. The molecule has 0 aliphatic rings. The fourth-order valence-corrected chi connectivity index (χ4v) is 6.21. The Balaban J connectivity index is 2.20. The number of hydrogen-bond donors (Lipinski definition) is 0. The van der Waals surface area contributed by atoms with Crippen molar-refractivity contribution < 1.29 is 0 Å². The van der Waals surface area contributed by atoms with Gasteiger partial charge in [0.1, 0.15) is 0 Å². The molecule has 0 aromatic heterocycles. The molecule has 0 heterocycles. The van der Waals surface area contributed by atoms with E-state index in [4.69, 9.17) is 0 Å². The molecule has 122 valence electrons. The summed E-state index contributed by atoms with van der Waals surface area (Å²) in [6.07, 6.45) is 0. The number of hydrogen-bond acceptors (Lipinski definition) is 0. The van der Waals surface area contributed by atoms with Crippen LogP contribution in [0.15, 0.2) is 48.5 Å². The van der Waals surface area contributed by atoms with E-state index in [-0.39, 0.29) is 0 Å². The van der Waals surface area contributed by atoms with Crippen LogP contribution in [0.4, 0.5) is 0 Å². The van der Waals surface area contributed by atoms with Gasteiger partial charge in [0.25, 0.3) is 0 Å². The average molecular weight is 986 g/mol. The number of halogens is 6.